The van der Waals surface area contributed by atoms with Gasteiger partial charge in [-0.1, -0.05) is 44.0 Å². The molecule has 0 aromatic heterocycles. The molecule has 0 spiro atoms. The molecular formula is C16H21Cl2N. The first-order chi connectivity index (χ1) is 8.83. The highest BCUT2D eigenvalue weighted by atomic mass is 35.5. The van der Waals surface area contributed by atoms with Crippen LogP contribution in [0.25, 0.3) is 0 Å². The van der Waals surface area contributed by atoms with Crippen LogP contribution in [0.1, 0.15) is 40.0 Å². The third-order valence-corrected chi connectivity index (χ3v) is 6.24. The van der Waals surface area contributed by atoms with Crippen LogP contribution in [0.2, 0.25) is 10.0 Å². The second kappa shape index (κ2) is 4.30. The summed E-state index contributed by atoms with van der Waals surface area (Å²) in [7, 11) is 0. The summed E-state index contributed by atoms with van der Waals surface area (Å²) in [6.07, 6.45) is 4.06. The van der Waals surface area contributed by atoms with Gasteiger partial charge in [-0.05, 0) is 54.2 Å². The number of benzene rings is 1. The zero-order valence-electron chi connectivity index (χ0n) is 11.8. The summed E-state index contributed by atoms with van der Waals surface area (Å²) in [5.74, 6) is 0.845. The predicted octanol–water partition coefficient (Wildman–Crippen LogP) is 5.62. The van der Waals surface area contributed by atoms with E-state index in [1.54, 1.807) is 0 Å². The Morgan fingerprint density at radius 3 is 2.47 bits per heavy atom. The van der Waals surface area contributed by atoms with Gasteiger partial charge in [-0.3, -0.25) is 0 Å². The van der Waals surface area contributed by atoms with E-state index in [1.807, 2.05) is 18.2 Å². The molecule has 3 rings (SSSR count). The van der Waals surface area contributed by atoms with E-state index in [-0.39, 0.29) is 0 Å². The summed E-state index contributed by atoms with van der Waals surface area (Å²) >= 11 is 12.1. The summed E-state index contributed by atoms with van der Waals surface area (Å²) in [5.41, 5.74) is 1.85. The van der Waals surface area contributed by atoms with Crippen LogP contribution in [-0.4, -0.2) is 6.04 Å². The van der Waals surface area contributed by atoms with Gasteiger partial charge in [0.15, 0.2) is 0 Å². The zero-order chi connectivity index (χ0) is 13.8. The number of halogens is 2. The molecule has 1 nitrogen and oxygen atoms in total. The zero-order valence-corrected chi connectivity index (χ0v) is 13.3. The van der Waals surface area contributed by atoms with Crippen LogP contribution in [0, 0.1) is 16.7 Å². The summed E-state index contributed by atoms with van der Waals surface area (Å²) in [5, 5.41) is 4.97. The standard InChI is InChI=1S/C16H21Cl2N/c1-15(2)10-6-7-16(3,9-10)14(15)19-11-4-5-12(17)13(18)8-11/h4-5,8,10,14,19H,6-7,9H2,1-3H3/t10-,14?,16+/m0/s1. The Balaban J connectivity index is 1.88. The third kappa shape index (κ3) is 2.06. The molecule has 104 valence electrons. The number of fused-ring (bicyclic) bond motifs is 2. The lowest BCUT2D eigenvalue weighted by atomic mass is 9.68. The van der Waals surface area contributed by atoms with E-state index in [0.717, 1.165) is 11.6 Å². The van der Waals surface area contributed by atoms with Crippen LogP contribution in [0.3, 0.4) is 0 Å². The highest BCUT2D eigenvalue weighted by Crippen LogP contribution is 2.63. The average Bonchev–Trinajstić information content (AvgIpc) is 2.80. The van der Waals surface area contributed by atoms with Crippen LogP contribution in [-0.2, 0) is 0 Å². The molecule has 0 aliphatic heterocycles. The van der Waals surface area contributed by atoms with Gasteiger partial charge < -0.3 is 5.32 Å². The summed E-state index contributed by atoms with van der Waals surface area (Å²) < 4.78 is 0. The smallest absolute Gasteiger partial charge is 0.0612 e. The first-order valence-corrected chi connectivity index (χ1v) is 7.80. The minimum Gasteiger partial charge on any atom is -0.381 e. The van der Waals surface area contributed by atoms with E-state index < -0.39 is 0 Å². The molecule has 1 unspecified atom stereocenters. The molecule has 2 fully saturated rings. The Morgan fingerprint density at radius 2 is 1.89 bits per heavy atom. The van der Waals surface area contributed by atoms with Gasteiger partial charge in [0.05, 0.1) is 10.0 Å². The van der Waals surface area contributed by atoms with Gasteiger partial charge in [0.2, 0.25) is 0 Å². The Hall–Kier alpha value is -0.400. The number of rotatable bonds is 2. The Kier molecular flexibility index (Phi) is 3.07. The van der Waals surface area contributed by atoms with E-state index in [1.165, 1.54) is 19.3 Å². The lowest BCUT2D eigenvalue weighted by Gasteiger charge is -2.43. The lowest BCUT2D eigenvalue weighted by molar-refractivity contribution is 0.155. The van der Waals surface area contributed by atoms with Crippen molar-refractivity contribution >= 4 is 28.9 Å². The van der Waals surface area contributed by atoms with Crippen molar-refractivity contribution in [2.75, 3.05) is 5.32 Å². The van der Waals surface area contributed by atoms with Crippen LogP contribution in [0.5, 0.6) is 0 Å². The third-order valence-electron chi connectivity index (χ3n) is 5.50. The molecule has 1 N–H and O–H groups in total. The van der Waals surface area contributed by atoms with Gasteiger partial charge in [-0.15, -0.1) is 0 Å². The van der Waals surface area contributed by atoms with Crippen molar-refractivity contribution in [3.05, 3.63) is 28.2 Å². The highest BCUT2D eigenvalue weighted by molar-refractivity contribution is 6.42. The Labute approximate surface area is 125 Å². The maximum Gasteiger partial charge on any atom is 0.0612 e. The van der Waals surface area contributed by atoms with Crippen molar-refractivity contribution in [3.63, 3.8) is 0 Å². The molecule has 1 aromatic carbocycles. The van der Waals surface area contributed by atoms with Crippen molar-refractivity contribution in [1.82, 2.24) is 0 Å². The fraction of sp³-hybridized carbons (Fsp3) is 0.625. The van der Waals surface area contributed by atoms with E-state index >= 15 is 0 Å². The Bertz CT molecular complexity index is 507. The van der Waals surface area contributed by atoms with Gasteiger partial charge in [0, 0.05) is 11.7 Å². The molecule has 3 heteroatoms. The van der Waals surface area contributed by atoms with Crippen molar-refractivity contribution in [3.8, 4) is 0 Å². The normalized spacial score (nSPS) is 35.6. The summed E-state index contributed by atoms with van der Waals surface area (Å²) in [6.45, 7) is 7.23. The summed E-state index contributed by atoms with van der Waals surface area (Å²) in [6, 6.07) is 6.35. The largest absolute Gasteiger partial charge is 0.381 e. The van der Waals surface area contributed by atoms with Gasteiger partial charge in [0.25, 0.3) is 0 Å². The van der Waals surface area contributed by atoms with Crippen LogP contribution in [0.15, 0.2) is 18.2 Å². The maximum atomic E-state index is 6.11. The molecule has 0 saturated heterocycles. The van der Waals surface area contributed by atoms with Crippen molar-refractivity contribution < 1.29 is 0 Å². The van der Waals surface area contributed by atoms with Crippen LogP contribution < -0.4 is 5.32 Å². The van der Waals surface area contributed by atoms with Gasteiger partial charge in [-0.25, -0.2) is 0 Å². The number of anilines is 1. The van der Waals surface area contributed by atoms with Gasteiger partial charge in [-0.2, -0.15) is 0 Å². The van der Waals surface area contributed by atoms with Crippen molar-refractivity contribution in [2.24, 2.45) is 16.7 Å². The molecule has 0 radical (unpaired) electrons. The van der Waals surface area contributed by atoms with Crippen LogP contribution in [0.4, 0.5) is 5.69 Å². The summed E-state index contributed by atoms with van der Waals surface area (Å²) in [4.78, 5) is 0. The molecule has 2 aliphatic carbocycles. The molecule has 3 atom stereocenters. The number of nitrogens with one attached hydrogen (secondary N) is 1. The van der Waals surface area contributed by atoms with E-state index in [0.29, 0.717) is 26.9 Å². The number of hydrogen-bond acceptors (Lipinski definition) is 1. The van der Waals surface area contributed by atoms with Crippen LogP contribution >= 0.6 is 23.2 Å². The number of hydrogen-bond donors (Lipinski definition) is 1. The molecule has 1 aromatic rings. The minimum atomic E-state index is 0.346. The lowest BCUT2D eigenvalue weighted by Crippen LogP contribution is -2.45. The fourth-order valence-electron chi connectivity index (χ4n) is 4.41. The molecule has 2 aliphatic rings. The van der Waals surface area contributed by atoms with Gasteiger partial charge in [0.1, 0.15) is 0 Å². The Morgan fingerprint density at radius 1 is 1.16 bits per heavy atom. The van der Waals surface area contributed by atoms with Gasteiger partial charge >= 0.3 is 0 Å². The molecule has 2 bridgehead atoms. The molecule has 19 heavy (non-hydrogen) atoms. The van der Waals surface area contributed by atoms with Crippen molar-refractivity contribution in [1.29, 1.82) is 0 Å². The molecule has 2 saturated carbocycles. The second-order valence-electron chi connectivity index (χ2n) is 7.12. The first-order valence-electron chi connectivity index (χ1n) is 7.04. The second-order valence-corrected chi connectivity index (χ2v) is 7.94. The van der Waals surface area contributed by atoms with E-state index in [2.05, 4.69) is 26.1 Å². The quantitative estimate of drug-likeness (QED) is 0.747. The predicted molar refractivity (Wildman–Crippen MR) is 83.1 cm³/mol. The molecule has 0 amide bonds. The first kappa shape index (κ1) is 13.6. The fourth-order valence-corrected chi connectivity index (χ4v) is 4.71. The van der Waals surface area contributed by atoms with E-state index in [4.69, 9.17) is 23.2 Å². The maximum absolute atomic E-state index is 6.11. The molecule has 0 heterocycles. The topological polar surface area (TPSA) is 12.0 Å². The SMILES string of the molecule is CC1(C)C(Nc2ccc(Cl)c(Cl)c2)[C@]2(C)CC[C@H]1C2. The molecular weight excluding hydrogens is 277 g/mol. The van der Waals surface area contributed by atoms with Crippen molar-refractivity contribution in [2.45, 2.75) is 46.1 Å². The minimum absolute atomic E-state index is 0.346. The monoisotopic (exact) mass is 297 g/mol. The average molecular weight is 298 g/mol. The van der Waals surface area contributed by atoms with E-state index in [9.17, 15) is 0 Å². The highest BCUT2D eigenvalue weighted by Gasteiger charge is 2.59.